The highest BCUT2D eigenvalue weighted by Gasteiger charge is 2.15. The summed E-state index contributed by atoms with van der Waals surface area (Å²) < 4.78 is 0. The largest absolute Gasteiger partial charge is 0.507 e. The molecule has 0 radical (unpaired) electrons. The van der Waals surface area contributed by atoms with Gasteiger partial charge in [0, 0.05) is 0 Å². The zero-order valence-electron chi connectivity index (χ0n) is 12.2. The molecule has 1 unspecified atom stereocenters. The molecule has 0 bridgehead atoms. The minimum absolute atomic E-state index is 0.274. The SMILES string of the molecule is CC(O)CCc1cc(C(C)C)c(O)c(C(C)C)c1. The van der Waals surface area contributed by atoms with Crippen LogP contribution in [0, 0.1) is 0 Å². The Kier molecular flexibility index (Phi) is 5.21. The Labute approximate surface area is 111 Å². The predicted molar refractivity (Wildman–Crippen MR) is 76.3 cm³/mol. The molecule has 18 heavy (non-hydrogen) atoms. The van der Waals surface area contributed by atoms with Crippen molar-refractivity contribution in [3.8, 4) is 5.75 Å². The third-order valence-electron chi connectivity index (χ3n) is 3.32. The lowest BCUT2D eigenvalue weighted by Gasteiger charge is -2.17. The van der Waals surface area contributed by atoms with E-state index in [4.69, 9.17) is 0 Å². The van der Waals surface area contributed by atoms with Gasteiger partial charge in [-0.05, 0) is 48.3 Å². The second-order valence-electron chi connectivity index (χ2n) is 5.82. The van der Waals surface area contributed by atoms with Gasteiger partial charge in [0.25, 0.3) is 0 Å². The van der Waals surface area contributed by atoms with Crippen LogP contribution in [0.15, 0.2) is 12.1 Å². The molecule has 0 aliphatic rings. The van der Waals surface area contributed by atoms with Gasteiger partial charge < -0.3 is 10.2 Å². The van der Waals surface area contributed by atoms with E-state index < -0.39 is 0 Å². The molecule has 1 rings (SSSR count). The molecular formula is C16H26O2. The summed E-state index contributed by atoms with van der Waals surface area (Å²) in [5.41, 5.74) is 3.24. The van der Waals surface area contributed by atoms with Crippen LogP contribution in [0.3, 0.4) is 0 Å². The average Bonchev–Trinajstić information content (AvgIpc) is 2.26. The first-order valence-corrected chi connectivity index (χ1v) is 6.86. The van der Waals surface area contributed by atoms with Crippen molar-refractivity contribution in [1.82, 2.24) is 0 Å². The maximum atomic E-state index is 10.3. The Morgan fingerprint density at radius 2 is 1.39 bits per heavy atom. The molecular weight excluding hydrogens is 224 g/mol. The molecule has 2 nitrogen and oxygen atoms in total. The number of phenolic OH excluding ortho intramolecular Hbond substituents is 1. The number of aromatic hydroxyl groups is 1. The molecule has 0 fully saturated rings. The van der Waals surface area contributed by atoms with Crippen LogP contribution in [0.5, 0.6) is 5.75 Å². The summed E-state index contributed by atoms with van der Waals surface area (Å²) >= 11 is 0. The van der Waals surface area contributed by atoms with Crippen LogP contribution in [-0.4, -0.2) is 16.3 Å². The first kappa shape index (κ1) is 15.0. The first-order valence-electron chi connectivity index (χ1n) is 6.86. The Morgan fingerprint density at radius 1 is 0.944 bits per heavy atom. The Hall–Kier alpha value is -1.02. The van der Waals surface area contributed by atoms with Crippen LogP contribution in [0.2, 0.25) is 0 Å². The highest BCUT2D eigenvalue weighted by Crippen LogP contribution is 2.35. The van der Waals surface area contributed by atoms with Crippen molar-refractivity contribution in [1.29, 1.82) is 0 Å². The fraction of sp³-hybridized carbons (Fsp3) is 0.625. The van der Waals surface area contributed by atoms with Crippen molar-refractivity contribution in [2.24, 2.45) is 0 Å². The molecule has 2 heteroatoms. The summed E-state index contributed by atoms with van der Waals surface area (Å²) in [6.07, 6.45) is 1.35. The van der Waals surface area contributed by atoms with Gasteiger partial charge in [0.05, 0.1) is 6.10 Å². The number of rotatable bonds is 5. The summed E-state index contributed by atoms with van der Waals surface area (Å²) in [7, 11) is 0. The van der Waals surface area contributed by atoms with E-state index >= 15 is 0 Å². The minimum Gasteiger partial charge on any atom is -0.507 e. The Bertz CT molecular complexity index is 363. The van der Waals surface area contributed by atoms with Crippen LogP contribution in [-0.2, 0) is 6.42 Å². The standard InChI is InChI=1S/C16H26O2/c1-10(2)14-8-13(7-6-12(5)17)9-15(11(3)4)16(14)18/h8-12,17-18H,6-7H2,1-5H3. The quantitative estimate of drug-likeness (QED) is 0.830. The van der Waals surface area contributed by atoms with Crippen LogP contribution in [0.25, 0.3) is 0 Å². The molecule has 1 atom stereocenters. The van der Waals surface area contributed by atoms with Crippen molar-refractivity contribution in [3.63, 3.8) is 0 Å². The van der Waals surface area contributed by atoms with Crippen molar-refractivity contribution in [2.75, 3.05) is 0 Å². The zero-order chi connectivity index (χ0) is 13.9. The Morgan fingerprint density at radius 3 is 1.72 bits per heavy atom. The fourth-order valence-corrected chi connectivity index (χ4v) is 2.14. The van der Waals surface area contributed by atoms with Crippen molar-refractivity contribution in [3.05, 3.63) is 28.8 Å². The lowest BCUT2D eigenvalue weighted by atomic mass is 9.90. The lowest BCUT2D eigenvalue weighted by molar-refractivity contribution is 0.185. The van der Waals surface area contributed by atoms with Gasteiger partial charge >= 0.3 is 0 Å². The summed E-state index contributed by atoms with van der Waals surface area (Å²) in [5, 5.41) is 19.7. The second-order valence-corrected chi connectivity index (χ2v) is 5.82. The monoisotopic (exact) mass is 250 g/mol. The molecule has 0 aliphatic carbocycles. The summed E-state index contributed by atoms with van der Waals surface area (Å²) in [5.74, 6) is 1.07. The van der Waals surface area contributed by atoms with Gasteiger partial charge in [-0.25, -0.2) is 0 Å². The van der Waals surface area contributed by atoms with Crippen LogP contribution in [0.1, 0.15) is 69.6 Å². The van der Waals surface area contributed by atoms with E-state index in [1.807, 2.05) is 6.92 Å². The fourth-order valence-electron chi connectivity index (χ4n) is 2.14. The molecule has 0 aromatic heterocycles. The zero-order valence-corrected chi connectivity index (χ0v) is 12.2. The highest BCUT2D eigenvalue weighted by atomic mass is 16.3. The molecule has 1 aromatic rings. The van der Waals surface area contributed by atoms with E-state index in [2.05, 4.69) is 39.8 Å². The first-order chi connectivity index (χ1) is 8.32. The van der Waals surface area contributed by atoms with Crippen molar-refractivity contribution in [2.45, 2.75) is 65.4 Å². The van der Waals surface area contributed by atoms with Crippen molar-refractivity contribution < 1.29 is 10.2 Å². The number of hydrogen-bond donors (Lipinski definition) is 2. The number of aryl methyl sites for hydroxylation is 1. The normalized spacial score (nSPS) is 13.3. The van der Waals surface area contributed by atoms with E-state index in [1.165, 1.54) is 5.56 Å². The smallest absolute Gasteiger partial charge is 0.122 e. The molecule has 0 heterocycles. The van der Waals surface area contributed by atoms with Gasteiger partial charge in [-0.2, -0.15) is 0 Å². The molecule has 0 saturated carbocycles. The van der Waals surface area contributed by atoms with E-state index in [0.29, 0.717) is 17.6 Å². The van der Waals surface area contributed by atoms with Crippen LogP contribution >= 0.6 is 0 Å². The summed E-state index contributed by atoms with van der Waals surface area (Å²) in [6.45, 7) is 10.2. The molecule has 102 valence electrons. The Balaban J connectivity index is 3.12. The van der Waals surface area contributed by atoms with Gasteiger partial charge in [-0.3, -0.25) is 0 Å². The second kappa shape index (κ2) is 6.24. The van der Waals surface area contributed by atoms with Gasteiger partial charge in [0.1, 0.15) is 5.75 Å². The number of benzene rings is 1. The topological polar surface area (TPSA) is 40.5 Å². The van der Waals surface area contributed by atoms with Gasteiger partial charge in [0.15, 0.2) is 0 Å². The molecule has 2 N–H and O–H groups in total. The summed E-state index contributed by atoms with van der Waals surface area (Å²) in [4.78, 5) is 0. The van der Waals surface area contributed by atoms with Crippen LogP contribution < -0.4 is 0 Å². The number of aliphatic hydroxyl groups is 1. The summed E-state index contributed by atoms with van der Waals surface area (Å²) in [6, 6.07) is 4.16. The molecule has 1 aromatic carbocycles. The average molecular weight is 250 g/mol. The molecule has 0 saturated heterocycles. The minimum atomic E-state index is -0.274. The van der Waals surface area contributed by atoms with E-state index in [0.717, 1.165) is 24.0 Å². The van der Waals surface area contributed by atoms with Gasteiger partial charge in [-0.15, -0.1) is 0 Å². The van der Waals surface area contributed by atoms with E-state index in [9.17, 15) is 10.2 Å². The number of hydrogen-bond acceptors (Lipinski definition) is 2. The maximum Gasteiger partial charge on any atom is 0.122 e. The third kappa shape index (κ3) is 3.74. The van der Waals surface area contributed by atoms with Crippen LogP contribution in [0.4, 0.5) is 0 Å². The number of aliphatic hydroxyl groups excluding tert-OH is 1. The van der Waals surface area contributed by atoms with Gasteiger partial charge in [0.2, 0.25) is 0 Å². The molecule has 0 aliphatic heterocycles. The van der Waals surface area contributed by atoms with E-state index in [-0.39, 0.29) is 6.10 Å². The maximum absolute atomic E-state index is 10.3. The lowest BCUT2D eigenvalue weighted by Crippen LogP contribution is -2.03. The number of phenols is 1. The van der Waals surface area contributed by atoms with Gasteiger partial charge in [-0.1, -0.05) is 39.8 Å². The molecule has 0 amide bonds. The van der Waals surface area contributed by atoms with Crippen molar-refractivity contribution >= 4 is 0 Å². The third-order valence-corrected chi connectivity index (χ3v) is 3.32. The molecule has 0 spiro atoms. The van der Waals surface area contributed by atoms with E-state index in [1.54, 1.807) is 0 Å². The highest BCUT2D eigenvalue weighted by molar-refractivity contribution is 5.46. The predicted octanol–water partition coefficient (Wildman–Crippen LogP) is 3.95.